The fraction of sp³-hybridized carbons (Fsp3) is 0.650. The van der Waals surface area contributed by atoms with Crippen LogP contribution in [0.15, 0.2) is 36.9 Å². The lowest BCUT2D eigenvalue weighted by molar-refractivity contribution is -0.144. The van der Waals surface area contributed by atoms with E-state index in [4.69, 9.17) is 4.74 Å². The average Bonchev–Trinajstić information content (AvgIpc) is 3.85. The van der Waals surface area contributed by atoms with Gasteiger partial charge in [0, 0.05) is 45.7 Å². The second kappa shape index (κ2) is 18.4. The molecule has 6 amide bonds. The van der Waals surface area contributed by atoms with Gasteiger partial charge in [0.25, 0.3) is 5.91 Å². The number of nitrogens with zero attached hydrogens (tertiary/aromatic N) is 3. The summed E-state index contributed by atoms with van der Waals surface area (Å²) in [5.74, 6) is -2.86. The lowest BCUT2D eigenvalue weighted by atomic mass is 9.85. The highest BCUT2D eigenvalue weighted by Gasteiger charge is 2.48. The SMILES string of the molecule is C=CCNC(=O)C(=O)C(CC1CC1)NC(=O)[C@@H]1C[C@@H](OC(=O)N2CCc3ccccc3C2)CN1C(=O)[C@@H](NC(=O)N[C@H](CN(C)S(C)(=O)=O)C(C)(C)C)C(C)(C)C. The summed E-state index contributed by atoms with van der Waals surface area (Å²) in [7, 11) is -2.15. The fourth-order valence-corrected chi connectivity index (χ4v) is 7.33. The molecule has 0 radical (unpaired) electrons. The molecule has 2 aliphatic heterocycles. The van der Waals surface area contributed by atoms with Crippen molar-refractivity contribution in [3.63, 3.8) is 0 Å². The molecule has 1 saturated heterocycles. The highest BCUT2D eigenvalue weighted by molar-refractivity contribution is 7.88. The van der Waals surface area contributed by atoms with Crippen molar-refractivity contribution >= 4 is 45.7 Å². The van der Waals surface area contributed by atoms with Crippen LogP contribution in [0.2, 0.25) is 0 Å². The van der Waals surface area contributed by atoms with Crippen LogP contribution < -0.4 is 21.3 Å². The Morgan fingerprint density at radius 3 is 2.21 bits per heavy atom. The maximum Gasteiger partial charge on any atom is 0.410 e. The number of carbonyl (C=O) groups is 6. The molecule has 316 valence electrons. The highest BCUT2D eigenvalue weighted by Crippen LogP contribution is 2.34. The Kier molecular flexibility index (Phi) is 14.6. The van der Waals surface area contributed by atoms with E-state index in [1.54, 1.807) is 25.7 Å². The Labute approximate surface area is 336 Å². The number of amides is 6. The Morgan fingerprint density at radius 2 is 1.63 bits per heavy atom. The molecule has 1 aromatic rings. The van der Waals surface area contributed by atoms with Crippen molar-refractivity contribution in [2.45, 2.75) is 110 Å². The van der Waals surface area contributed by atoms with Crippen molar-refractivity contribution in [2.24, 2.45) is 16.7 Å². The highest BCUT2D eigenvalue weighted by atomic mass is 32.2. The van der Waals surface area contributed by atoms with Crippen LogP contribution in [-0.4, -0.2) is 128 Å². The molecule has 57 heavy (non-hydrogen) atoms. The molecule has 5 atom stereocenters. The van der Waals surface area contributed by atoms with E-state index in [0.29, 0.717) is 19.5 Å². The number of ether oxygens (including phenoxy) is 1. The van der Waals surface area contributed by atoms with Gasteiger partial charge >= 0.3 is 12.1 Å². The van der Waals surface area contributed by atoms with Crippen molar-refractivity contribution in [1.29, 1.82) is 0 Å². The van der Waals surface area contributed by atoms with Gasteiger partial charge in [-0.3, -0.25) is 19.2 Å². The summed E-state index contributed by atoms with van der Waals surface area (Å²) in [6.45, 7) is 15.0. The van der Waals surface area contributed by atoms with E-state index in [-0.39, 0.29) is 38.4 Å². The first kappa shape index (κ1) is 45.2. The quantitative estimate of drug-likeness (QED) is 0.151. The van der Waals surface area contributed by atoms with Gasteiger partial charge in [-0.05, 0) is 40.7 Å². The van der Waals surface area contributed by atoms with Crippen LogP contribution in [0.25, 0.3) is 0 Å². The van der Waals surface area contributed by atoms with Gasteiger partial charge < -0.3 is 35.8 Å². The van der Waals surface area contributed by atoms with Gasteiger partial charge in [0.15, 0.2) is 0 Å². The van der Waals surface area contributed by atoms with Gasteiger partial charge in [0.1, 0.15) is 18.2 Å². The van der Waals surface area contributed by atoms with Gasteiger partial charge in [-0.1, -0.05) is 84.7 Å². The van der Waals surface area contributed by atoms with Gasteiger partial charge in [-0.15, -0.1) is 6.58 Å². The molecule has 0 aromatic heterocycles. The van der Waals surface area contributed by atoms with Crippen LogP contribution in [0.1, 0.15) is 78.4 Å². The molecular weight excluding hydrogens is 755 g/mol. The molecule has 4 N–H and O–H groups in total. The number of benzene rings is 1. The summed E-state index contributed by atoms with van der Waals surface area (Å²) < 4.78 is 31.5. The second-order valence-electron chi connectivity index (χ2n) is 17.7. The second-order valence-corrected chi connectivity index (χ2v) is 19.8. The molecule has 0 spiro atoms. The van der Waals surface area contributed by atoms with Crippen molar-refractivity contribution < 1.29 is 41.9 Å². The standard InChI is InChI=1S/C40H61N7O9S/c1-10-18-41-35(50)32(48)29(20-25-15-16-25)42-34(49)30-21-28(56-38(53)46-19-17-26-13-11-12-14-27(26)22-46)23-47(30)36(51)33(40(5,6)7)44-37(52)43-31(39(2,3)4)24-45(8)57(9,54)55/h10-14,25,28-31,33H,1,15-24H2,2-9H3,(H,41,50)(H,42,49)(H2,43,44,52)/t28-,29?,30+,31-,33-/m1/s1. The molecule has 2 fully saturated rings. The molecule has 1 unspecified atom stereocenters. The summed E-state index contributed by atoms with van der Waals surface area (Å²) >= 11 is 0. The minimum absolute atomic E-state index is 0.0275. The third-order valence-corrected chi connectivity index (χ3v) is 12.1. The van der Waals surface area contributed by atoms with E-state index in [1.165, 1.54) is 18.0 Å². The Morgan fingerprint density at radius 1 is 0.982 bits per heavy atom. The number of ketones is 1. The van der Waals surface area contributed by atoms with Gasteiger partial charge in [-0.2, -0.15) is 0 Å². The predicted molar refractivity (Wildman–Crippen MR) is 214 cm³/mol. The smallest absolute Gasteiger partial charge is 0.410 e. The molecule has 17 heteroatoms. The Bertz CT molecular complexity index is 1800. The molecule has 4 rings (SSSR count). The van der Waals surface area contributed by atoms with E-state index in [2.05, 4.69) is 27.8 Å². The minimum atomic E-state index is -3.56. The van der Waals surface area contributed by atoms with E-state index in [0.717, 1.165) is 34.5 Å². The molecular formula is C40H61N7O9S. The topological polar surface area (TPSA) is 204 Å². The van der Waals surface area contributed by atoms with E-state index < -0.39 is 86.8 Å². The monoisotopic (exact) mass is 815 g/mol. The summed E-state index contributed by atoms with van der Waals surface area (Å²) in [4.78, 5) is 84.9. The van der Waals surface area contributed by atoms with Gasteiger partial charge in [0.2, 0.25) is 27.6 Å². The molecule has 3 aliphatic rings. The Hall–Kier alpha value is -4.51. The summed E-state index contributed by atoms with van der Waals surface area (Å²) in [5, 5.41) is 10.8. The maximum atomic E-state index is 14.7. The van der Waals surface area contributed by atoms with Crippen molar-refractivity contribution in [2.75, 3.05) is 39.5 Å². The van der Waals surface area contributed by atoms with E-state index >= 15 is 0 Å². The van der Waals surface area contributed by atoms with Crippen LogP contribution in [0.3, 0.4) is 0 Å². The fourth-order valence-electron chi connectivity index (χ4n) is 6.91. The number of nitrogens with one attached hydrogen (secondary N) is 4. The average molecular weight is 816 g/mol. The zero-order chi connectivity index (χ0) is 42.5. The number of hydrogen-bond donors (Lipinski definition) is 4. The summed E-state index contributed by atoms with van der Waals surface area (Å²) in [6, 6.07) is 2.86. The number of sulfonamides is 1. The molecule has 0 bridgehead atoms. The molecule has 2 heterocycles. The lowest BCUT2D eigenvalue weighted by Gasteiger charge is -2.37. The lowest BCUT2D eigenvalue weighted by Crippen LogP contribution is -2.62. The third-order valence-electron chi connectivity index (χ3n) is 10.8. The normalized spacial score (nSPS) is 20.1. The summed E-state index contributed by atoms with van der Waals surface area (Å²) in [5.41, 5.74) is 0.657. The van der Waals surface area contributed by atoms with Crippen LogP contribution in [0.5, 0.6) is 0 Å². The number of urea groups is 1. The number of carbonyl (C=O) groups excluding carboxylic acids is 6. The van der Waals surface area contributed by atoms with Gasteiger partial charge in [-0.25, -0.2) is 22.3 Å². The van der Waals surface area contributed by atoms with Crippen LogP contribution >= 0.6 is 0 Å². The minimum Gasteiger partial charge on any atom is -0.444 e. The van der Waals surface area contributed by atoms with Crippen LogP contribution in [0.4, 0.5) is 9.59 Å². The Balaban J connectivity index is 1.59. The number of rotatable bonds is 15. The third kappa shape index (κ3) is 12.5. The van der Waals surface area contributed by atoms with Crippen LogP contribution in [0, 0.1) is 16.7 Å². The zero-order valence-corrected chi connectivity index (χ0v) is 35.4. The number of Topliss-reactive ketones (excluding diaryl/α,β-unsaturated/α-hetero) is 1. The van der Waals surface area contributed by atoms with Crippen LogP contribution in [-0.2, 0) is 46.9 Å². The first-order chi connectivity index (χ1) is 26.5. The number of likely N-dealkylation sites (tertiary alicyclic amines) is 1. The maximum absolute atomic E-state index is 14.7. The zero-order valence-electron chi connectivity index (χ0n) is 34.6. The van der Waals surface area contributed by atoms with Crippen molar-refractivity contribution in [3.8, 4) is 0 Å². The molecule has 1 aliphatic carbocycles. The number of hydrogen-bond acceptors (Lipinski definition) is 9. The molecule has 1 saturated carbocycles. The molecule has 1 aromatic carbocycles. The first-order valence-corrected chi connectivity index (χ1v) is 21.4. The molecule has 16 nitrogen and oxygen atoms in total. The summed E-state index contributed by atoms with van der Waals surface area (Å²) in [6.07, 6.45) is 3.50. The van der Waals surface area contributed by atoms with Gasteiger partial charge in [0.05, 0.1) is 18.8 Å². The largest absolute Gasteiger partial charge is 0.444 e. The first-order valence-electron chi connectivity index (χ1n) is 19.5. The van der Waals surface area contributed by atoms with Crippen molar-refractivity contribution in [3.05, 3.63) is 48.0 Å². The predicted octanol–water partition coefficient (Wildman–Crippen LogP) is 2.33. The van der Waals surface area contributed by atoms with E-state index in [9.17, 15) is 37.2 Å². The van der Waals surface area contributed by atoms with Crippen molar-refractivity contribution in [1.82, 2.24) is 35.4 Å². The van der Waals surface area contributed by atoms with E-state index in [1.807, 2.05) is 45.0 Å². The number of likely N-dealkylation sites (N-methyl/N-ethyl adjacent to an activating group) is 1. The number of fused-ring (bicyclic) bond motifs is 1.